The van der Waals surface area contributed by atoms with Crippen molar-refractivity contribution < 1.29 is 19.2 Å². The summed E-state index contributed by atoms with van der Waals surface area (Å²) in [6.45, 7) is 23.8. The van der Waals surface area contributed by atoms with Crippen molar-refractivity contribution in [2.24, 2.45) is 0 Å². The van der Waals surface area contributed by atoms with Gasteiger partial charge >= 0.3 is 0 Å². The van der Waals surface area contributed by atoms with Crippen molar-refractivity contribution in [1.29, 1.82) is 0 Å². The van der Waals surface area contributed by atoms with Crippen LogP contribution in [0.5, 0.6) is 11.5 Å². The minimum Gasteiger partial charge on any atom is -0.594 e. The van der Waals surface area contributed by atoms with Gasteiger partial charge in [0.2, 0.25) is 11.9 Å². The number of hydrogen-bond acceptors (Lipinski definition) is 6. The summed E-state index contributed by atoms with van der Waals surface area (Å²) in [5.74, 6) is 1.69. The molecule has 2 aromatic carbocycles. The van der Waals surface area contributed by atoms with Crippen molar-refractivity contribution in [3.05, 3.63) is 92.8 Å². The van der Waals surface area contributed by atoms with Crippen LogP contribution in [0.15, 0.2) is 48.8 Å². The lowest BCUT2D eigenvalue weighted by Gasteiger charge is -2.22. The van der Waals surface area contributed by atoms with E-state index in [0.717, 1.165) is 61.7 Å². The van der Waals surface area contributed by atoms with Crippen molar-refractivity contribution >= 4 is 0 Å². The van der Waals surface area contributed by atoms with Crippen molar-refractivity contribution in [2.45, 2.75) is 94.3 Å². The largest absolute Gasteiger partial charge is 0.594 e. The molecule has 4 rings (SSSR count). The summed E-state index contributed by atoms with van der Waals surface area (Å²) in [6, 6.07) is 12.0. The summed E-state index contributed by atoms with van der Waals surface area (Å²) in [6.07, 6.45) is 3.11. The first kappa shape index (κ1) is 32.3. The highest BCUT2D eigenvalue weighted by atomic mass is 16.5. The molecular weight excluding hydrogens is 528 g/mol. The molecule has 0 amide bonds. The molecule has 4 aromatic rings. The molecule has 0 aliphatic carbocycles. The van der Waals surface area contributed by atoms with Gasteiger partial charge in [-0.2, -0.15) is 0 Å². The summed E-state index contributed by atoms with van der Waals surface area (Å²) in [5.41, 5.74) is 9.08. The molecule has 2 aromatic heterocycles. The van der Waals surface area contributed by atoms with Crippen LogP contribution in [0, 0.1) is 52.0 Å². The van der Waals surface area contributed by atoms with Crippen LogP contribution < -0.4 is 19.2 Å². The molecule has 42 heavy (non-hydrogen) atoms. The molecule has 2 heterocycles. The maximum atomic E-state index is 11.7. The topological polar surface area (TPSA) is 98.1 Å². The van der Waals surface area contributed by atoms with Gasteiger partial charge in [-0.05, 0) is 128 Å². The van der Waals surface area contributed by atoms with Crippen LogP contribution in [-0.4, -0.2) is 21.4 Å². The lowest BCUT2D eigenvalue weighted by atomic mass is 9.96. The van der Waals surface area contributed by atoms with Crippen molar-refractivity contribution in [3.63, 3.8) is 0 Å². The van der Waals surface area contributed by atoms with Gasteiger partial charge in [0, 0.05) is 28.2 Å². The number of benzene rings is 2. The minimum atomic E-state index is -0.228. The van der Waals surface area contributed by atoms with Crippen molar-refractivity contribution in [2.75, 3.05) is 0 Å². The molecule has 0 aliphatic rings. The first-order valence-electron chi connectivity index (χ1n) is 14.1. The van der Waals surface area contributed by atoms with E-state index in [1.165, 1.54) is 6.20 Å². The molecule has 0 saturated heterocycles. The molecule has 0 radical (unpaired) electrons. The van der Waals surface area contributed by atoms with E-state index in [2.05, 4.69) is 10.2 Å². The molecule has 8 nitrogen and oxygen atoms in total. The van der Waals surface area contributed by atoms with Crippen LogP contribution in [0.3, 0.4) is 0 Å². The van der Waals surface area contributed by atoms with E-state index in [9.17, 15) is 10.4 Å². The Labute approximate surface area is 250 Å². The number of nitrogens with zero attached hydrogens (tertiary/aromatic N) is 4. The maximum Gasteiger partial charge on any atom is 0.226 e. The SMILES string of the molecule is Cc1cc(OC(C)(C)C)ccc1-c1c(C)c[n+]([O-])nc1C.Cc1cc(OC(C)(C)C)ccc1-c1c(C)cn[n+]([O-])c1C. The molecule has 8 heteroatoms. The molecule has 0 unspecified atom stereocenters. The van der Waals surface area contributed by atoms with Gasteiger partial charge in [-0.15, -0.1) is 0 Å². The lowest BCUT2D eigenvalue weighted by molar-refractivity contribution is -0.674. The number of aromatic nitrogens is 4. The van der Waals surface area contributed by atoms with Gasteiger partial charge in [-0.1, -0.05) is 21.8 Å². The third kappa shape index (κ3) is 8.18. The van der Waals surface area contributed by atoms with E-state index in [0.29, 0.717) is 15.4 Å². The van der Waals surface area contributed by atoms with E-state index >= 15 is 0 Å². The van der Waals surface area contributed by atoms with Crippen LogP contribution in [0.2, 0.25) is 0 Å². The average molecular weight is 573 g/mol. The Hall–Kier alpha value is -4.20. The first-order valence-corrected chi connectivity index (χ1v) is 14.1. The molecule has 0 N–H and O–H groups in total. The molecule has 0 aliphatic heterocycles. The Balaban J connectivity index is 0.000000230. The van der Waals surface area contributed by atoms with E-state index in [4.69, 9.17) is 9.47 Å². The fourth-order valence-electron chi connectivity index (χ4n) is 4.90. The fourth-order valence-corrected chi connectivity index (χ4v) is 4.90. The second kappa shape index (κ2) is 12.3. The zero-order valence-corrected chi connectivity index (χ0v) is 27.0. The maximum absolute atomic E-state index is 11.7. The van der Waals surface area contributed by atoms with Crippen LogP contribution in [0.25, 0.3) is 22.3 Å². The zero-order chi connectivity index (χ0) is 31.6. The third-order valence-electron chi connectivity index (χ3n) is 6.49. The second-order valence-electron chi connectivity index (χ2n) is 12.7. The Morgan fingerprint density at radius 2 is 1.12 bits per heavy atom. The summed E-state index contributed by atoms with van der Waals surface area (Å²) >= 11 is 0. The van der Waals surface area contributed by atoms with Gasteiger partial charge in [0.25, 0.3) is 0 Å². The van der Waals surface area contributed by atoms with Crippen molar-refractivity contribution in [3.8, 4) is 33.8 Å². The Morgan fingerprint density at radius 3 is 1.55 bits per heavy atom. The number of aryl methyl sites for hydroxylation is 5. The van der Waals surface area contributed by atoms with E-state index in [1.807, 2.05) is 113 Å². The number of rotatable bonds is 4. The predicted octanol–water partition coefficient (Wildman–Crippen LogP) is 6.97. The molecule has 0 bridgehead atoms. The summed E-state index contributed by atoms with van der Waals surface area (Å²) in [4.78, 5) is 1.28. The van der Waals surface area contributed by atoms with Crippen LogP contribution in [-0.2, 0) is 0 Å². The monoisotopic (exact) mass is 572 g/mol. The van der Waals surface area contributed by atoms with E-state index in [1.54, 1.807) is 13.1 Å². The average Bonchev–Trinajstić information content (AvgIpc) is 2.82. The highest BCUT2D eigenvalue weighted by molar-refractivity contribution is 5.73. The normalized spacial score (nSPS) is 11.5. The van der Waals surface area contributed by atoms with Gasteiger partial charge in [0.1, 0.15) is 28.4 Å². The zero-order valence-electron chi connectivity index (χ0n) is 27.0. The summed E-state index contributed by atoms with van der Waals surface area (Å²) < 4.78 is 11.8. The molecule has 224 valence electrons. The van der Waals surface area contributed by atoms with Crippen LogP contribution in [0.1, 0.15) is 75.2 Å². The van der Waals surface area contributed by atoms with Crippen LogP contribution >= 0.6 is 0 Å². The van der Waals surface area contributed by atoms with Crippen molar-refractivity contribution in [1.82, 2.24) is 10.2 Å². The summed E-state index contributed by atoms with van der Waals surface area (Å²) in [7, 11) is 0. The lowest BCUT2D eigenvalue weighted by Crippen LogP contribution is -2.35. The number of ether oxygens (including phenoxy) is 2. The van der Waals surface area contributed by atoms with E-state index in [-0.39, 0.29) is 11.2 Å². The number of hydrogen-bond donors (Lipinski definition) is 0. The second-order valence-corrected chi connectivity index (χ2v) is 12.7. The Kier molecular flexibility index (Phi) is 9.50. The van der Waals surface area contributed by atoms with Gasteiger partial charge in [0.05, 0.1) is 11.8 Å². The first-order chi connectivity index (χ1) is 19.4. The quantitative estimate of drug-likeness (QED) is 0.193. The Morgan fingerprint density at radius 1 is 0.643 bits per heavy atom. The highest BCUT2D eigenvalue weighted by Crippen LogP contribution is 2.32. The third-order valence-corrected chi connectivity index (χ3v) is 6.49. The van der Waals surface area contributed by atoms with Gasteiger partial charge in [-0.3, -0.25) is 0 Å². The predicted molar refractivity (Wildman–Crippen MR) is 166 cm³/mol. The molecule has 0 spiro atoms. The fraction of sp³-hybridized carbons (Fsp3) is 0.412. The van der Waals surface area contributed by atoms with Crippen LogP contribution in [0.4, 0.5) is 0 Å². The van der Waals surface area contributed by atoms with Gasteiger partial charge < -0.3 is 19.9 Å². The van der Waals surface area contributed by atoms with E-state index < -0.39 is 0 Å². The molecular formula is C34H44N4O4. The minimum absolute atomic E-state index is 0.220. The standard InChI is InChI=1S/2C17H22N2O2/c1-11-9-14(21-17(4,5)6)7-8-15(11)16-12(2)10-19(20)18-13(16)3;1-11-9-14(21-17(4,5)6)7-8-15(11)16-12(2)10-18-19(20)13(16)3/h2*7-10H,1-6H3. The molecule has 0 fully saturated rings. The molecule has 0 atom stereocenters. The van der Waals surface area contributed by atoms with Gasteiger partial charge in [0.15, 0.2) is 0 Å². The highest BCUT2D eigenvalue weighted by Gasteiger charge is 2.19. The summed E-state index contributed by atoms with van der Waals surface area (Å²) in [5, 5.41) is 30.8. The smallest absolute Gasteiger partial charge is 0.226 e. The molecule has 0 saturated carbocycles. The Bertz CT molecular complexity index is 1560. The van der Waals surface area contributed by atoms with Gasteiger partial charge in [-0.25, -0.2) is 0 Å².